The van der Waals surface area contributed by atoms with E-state index in [0.717, 1.165) is 0 Å². The molecule has 0 bridgehead atoms. The van der Waals surface area contributed by atoms with Crippen molar-refractivity contribution in [1.29, 1.82) is 0 Å². The Labute approximate surface area is 56.5 Å². The van der Waals surface area contributed by atoms with Gasteiger partial charge in [0.15, 0.2) is 0 Å². The fourth-order valence-electron chi connectivity index (χ4n) is 0.600. The smallest absolute Gasteiger partial charge is 0.0545 e. The van der Waals surface area contributed by atoms with Crippen molar-refractivity contribution in [3.8, 4) is 0 Å². The van der Waals surface area contributed by atoms with E-state index in [-0.39, 0.29) is 11.5 Å². The van der Waals surface area contributed by atoms with Gasteiger partial charge in [-0.3, -0.25) is 0 Å². The highest BCUT2D eigenvalue weighted by Crippen LogP contribution is 2.18. The van der Waals surface area contributed by atoms with Gasteiger partial charge in [0.25, 0.3) is 0 Å². The summed E-state index contributed by atoms with van der Waals surface area (Å²) >= 11 is 0. The summed E-state index contributed by atoms with van der Waals surface area (Å²) in [4.78, 5) is 0. The summed E-state index contributed by atoms with van der Waals surface area (Å²) in [6.07, 6.45) is 1.69. The molecule has 0 fully saturated rings. The summed E-state index contributed by atoms with van der Waals surface area (Å²) < 4.78 is 0. The van der Waals surface area contributed by atoms with Crippen LogP contribution in [-0.4, -0.2) is 11.2 Å². The van der Waals surface area contributed by atoms with Crippen molar-refractivity contribution in [2.45, 2.75) is 26.8 Å². The largest absolute Gasteiger partial charge is 0.316 e. The first-order chi connectivity index (χ1) is 4.02. The molecule has 54 valence electrons. The minimum Gasteiger partial charge on any atom is -0.316 e. The summed E-state index contributed by atoms with van der Waals surface area (Å²) in [5.41, 5.74) is 2.21. The van der Waals surface area contributed by atoms with E-state index in [1.807, 2.05) is 20.8 Å². The summed E-state index contributed by atoms with van der Waals surface area (Å²) in [7, 11) is 0. The fraction of sp³-hybridized carbons (Fsp3) is 0.714. The minimum absolute atomic E-state index is 0.0301. The lowest BCUT2D eigenvalue weighted by atomic mass is 9.87. The molecule has 0 spiro atoms. The Kier molecular flexibility index (Phi) is 2.88. The van der Waals surface area contributed by atoms with Gasteiger partial charge in [-0.2, -0.15) is 5.48 Å². The number of rotatable bonds is 2. The Morgan fingerprint density at radius 3 is 2.00 bits per heavy atom. The van der Waals surface area contributed by atoms with Crippen LogP contribution in [0.2, 0.25) is 0 Å². The van der Waals surface area contributed by atoms with Gasteiger partial charge in [0, 0.05) is 0 Å². The van der Waals surface area contributed by atoms with E-state index in [1.165, 1.54) is 0 Å². The molecule has 0 saturated carbocycles. The maximum atomic E-state index is 8.54. The van der Waals surface area contributed by atoms with Crippen molar-refractivity contribution >= 4 is 0 Å². The maximum absolute atomic E-state index is 8.54. The molecule has 0 rings (SSSR count). The second kappa shape index (κ2) is 2.99. The summed E-state index contributed by atoms with van der Waals surface area (Å²) in [6.45, 7) is 9.67. The van der Waals surface area contributed by atoms with Crippen LogP contribution in [0.1, 0.15) is 20.8 Å². The second-order valence-electron chi connectivity index (χ2n) is 3.21. The quantitative estimate of drug-likeness (QED) is 0.438. The number of hydrogen-bond acceptors (Lipinski definition) is 2. The van der Waals surface area contributed by atoms with Gasteiger partial charge in [0.05, 0.1) is 6.04 Å². The third-order valence-corrected chi connectivity index (χ3v) is 1.31. The van der Waals surface area contributed by atoms with Crippen LogP contribution >= 0.6 is 0 Å². The van der Waals surface area contributed by atoms with E-state index < -0.39 is 0 Å². The lowest BCUT2D eigenvalue weighted by Gasteiger charge is -2.25. The average molecular weight is 129 g/mol. The fourth-order valence-corrected chi connectivity index (χ4v) is 0.600. The average Bonchev–Trinajstić information content (AvgIpc) is 1.65. The van der Waals surface area contributed by atoms with Crippen molar-refractivity contribution in [3.63, 3.8) is 0 Å². The molecule has 1 unspecified atom stereocenters. The minimum atomic E-state index is -0.0301. The maximum Gasteiger partial charge on any atom is 0.0545 e. The van der Waals surface area contributed by atoms with Gasteiger partial charge in [-0.1, -0.05) is 26.8 Å². The highest BCUT2D eigenvalue weighted by molar-refractivity contribution is 4.91. The van der Waals surface area contributed by atoms with Crippen molar-refractivity contribution in [1.82, 2.24) is 5.48 Å². The van der Waals surface area contributed by atoms with E-state index in [2.05, 4.69) is 12.1 Å². The van der Waals surface area contributed by atoms with Crippen LogP contribution in [0.4, 0.5) is 0 Å². The zero-order chi connectivity index (χ0) is 7.49. The van der Waals surface area contributed by atoms with Crippen molar-refractivity contribution < 1.29 is 5.21 Å². The highest BCUT2D eigenvalue weighted by atomic mass is 16.5. The SMILES string of the molecule is C=CC(NO)C(C)(C)C. The van der Waals surface area contributed by atoms with Crippen LogP contribution in [0, 0.1) is 5.41 Å². The highest BCUT2D eigenvalue weighted by Gasteiger charge is 2.19. The first-order valence-corrected chi connectivity index (χ1v) is 3.04. The van der Waals surface area contributed by atoms with Gasteiger partial charge >= 0.3 is 0 Å². The molecule has 0 radical (unpaired) electrons. The van der Waals surface area contributed by atoms with Gasteiger partial charge in [-0.25, -0.2) is 0 Å². The first-order valence-electron chi connectivity index (χ1n) is 3.04. The Balaban J connectivity index is 3.94. The van der Waals surface area contributed by atoms with E-state index in [0.29, 0.717) is 0 Å². The molecular formula is C7H15NO. The van der Waals surface area contributed by atoms with E-state index in [1.54, 1.807) is 6.08 Å². The van der Waals surface area contributed by atoms with Gasteiger partial charge < -0.3 is 5.21 Å². The van der Waals surface area contributed by atoms with Crippen LogP contribution in [0.15, 0.2) is 12.7 Å². The summed E-state index contributed by atoms with van der Waals surface area (Å²) in [6, 6.07) is -0.0301. The Morgan fingerprint density at radius 2 is 2.00 bits per heavy atom. The molecule has 0 amide bonds. The standard InChI is InChI=1S/C7H15NO/c1-5-6(8-9)7(2,3)4/h5-6,8-9H,1H2,2-4H3. The van der Waals surface area contributed by atoms with Gasteiger partial charge in [0.2, 0.25) is 0 Å². The molecule has 2 N–H and O–H groups in total. The van der Waals surface area contributed by atoms with E-state index in [4.69, 9.17) is 5.21 Å². The number of hydrogen-bond donors (Lipinski definition) is 2. The molecule has 0 aromatic heterocycles. The molecule has 1 atom stereocenters. The predicted octanol–water partition coefficient (Wildman–Crippen LogP) is 1.57. The predicted molar refractivity (Wildman–Crippen MR) is 38.4 cm³/mol. The molecule has 2 nitrogen and oxygen atoms in total. The summed E-state index contributed by atoms with van der Waals surface area (Å²) in [5.74, 6) is 0. The van der Waals surface area contributed by atoms with E-state index in [9.17, 15) is 0 Å². The van der Waals surface area contributed by atoms with Crippen molar-refractivity contribution in [3.05, 3.63) is 12.7 Å². The van der Waals surface area contributed by atoms with Gasteiger partial charge in [-0.15, -0.1) is 6.58 Å². The topological polar surface area (TPSA) is 32.3 Å². The molecule has 0 heterocycles. The molecular weight excluding hydrogens is 114 g/mol. The molecule has 0 aromatic carbocycles. The van der Waals surface area contributed by atoms with Crippen molar-refractivity contribution in [2.24, 2.45) is 5.41 Å². The number of hydroxylamine groups is 1. The van der Waals surface area contributed by atoms with Crippen LogP contribution in [-0.2, 0) is 0 Å². The van der Waals surface area contributed by atoms with Crippen LogP contribution in [0.5, 0.6) is 0 Å². The zero-order valence-electron chi connectivity index (χ0n) is 6.31. The monoisotopic (exact) mass is 129 g/mol. The summed E-state index contributed by atoms with van der Waals surface area (Å²) in [5, 5.41) is 8.54. The van der Waals surface area contributed by atoms with Gasteiger partial charge in [-0.05, 0) is 5.41 Å². The van der Waals surface area contributed by atoms with Crippen molar-refractivity contribution in [2.75, 3.05) is 0 Å². The molecule has 0 aliphatic heterocycles. The molecule has 0 aromatic rings. The van der Waals surface area contributed by atoms with Crippen LogP contribution in [0.3, 0.4) is 0 Å². The zero-order valence-corrected chi connectivity index (χ0v) is 6.31. The van der Waals surface area contributed by atoms with Crippen LogP contribution < -0.4 is 5.48 Å². The van der Waals surface area contributed by atoms with E-state index >= 15 is 0 Å². The Bertz CT molecular complexity index is 93.6. The third-order valence-electron chi connectivity index (χ3n) is 1.31. The first kappa shape index (κ1) is 8.66. The molecule has 0 aliphatic rings. The lowest BCUT2D eigenvalue weighted by Crippen LogP contribution is -2.36. The normalized spacial score (nSPS) is 15.1. The molecule has 0 saturated heterocycles. The molecule has 9 heavy (non-hydrogen) atoms. The third kappa shape index (κ3) is 2.63. The Morgan fingerprint density at radius 1 is 1.56 bits per heavy atom. The number of nitrogens with one attached hydrogen (secondary N) is 1. The second-order valence-corrected chi connectivity index (χ2v) is 3.21. The van der Waals surface area contributed by atoms with Gasteiger partial charge in [0.1, 0.15) is 0 Å². The van der Waals surface area contributed by atoms with Crippen LogP contribution in [0.25, 0.3) is 0 Å². The Hall–Kier alpha value is -0.340. The lowest BCUT2D eigenvalue weighted by molar-refractivity contribution is 0.0956. The molecule has 2 heteroatoms. The molecule has 0 aliphatic carbocycles.